The van der Waals surface area contributed by atoms with Gasteiger partial charge in [-0.3, -0.25) is 9.88 Å². The first kappa shape index (κ1) is 21.4. The number of morpholine rings is 1. The van der Waals surface area contributed by atoms with Crippen LogP contribution >= 0.6 is 0 Å². The molecule has 5 rings (SSSR count). The fourth-order valence-corrected chi connectivity index (χ4v) is 3.96. The third-order valence-electron chi connectivity index (χ3n) is 5.68. The number of rotatable bonds is 8. The van der Waals surface area contributed by atoms with Gasteiger partial charge < -0.3 is 18.9 Å². The number of methoxy groups -OCH3 is 1. The van der Waals surface area contributed by atoms with Gasteiger partial charge in [0.2, 0.25) is 5.88 Å². The minimum absolute atomic E-state index is 0.452. The highest BCUT2D eigenvalue weighted by atomic mass is 16.5. The van der Waals surface area contributed by atoms with Gasteiger partial charge in [-0.1, -0.05) is 6.07 Å². The van der Waals surface area contributed by atoms with Crippen molar-refractivity contribution in [2.24, 2.45) is 0 Å². The average molecular weight is 447 g/mol. The second-order valence-corrected chi connectivity index (χ2v) is 7.78. The van der Waals surface area contributed by atoms with E-state index < -0.39 is 0 Å². The molecule has 8 heteroatoms. The summed E-state index contributed by atoms with van der Waals surface area (Å²) in [5.41, 5.74) is 1.58. The van der Waals surface area contributed by atoms with Crippen molar-refractivity contribution in [3.05, 3.63) is 55.0 Å². The first-order valence-corrected chi connectivity index (χ1v) is 11.1. The van der Waals surface area contributed by atoms with Crippen LogP contribution < -0.4 is 14.2 Å². The lowest BCUT2D eigenvalue weighted by atomic mass is 10.2. The third-order valence-corrected chi connectivity index (χ3v) is 5.68. The quantitative estimate of drug-likeness (QED) is 0.375. The van der Waals surface area contributed by atoms with Gasteiger partial charge in [-0.25, -0.2) is 9.97 Å². The minimum Gasteiger partial charge on any atom is -0.493 e. The number of nitrogens with zero attached hydrogens (tertiary/aromatic N) is 4. The number of hydrogen-bond donors (Lipinski definition) is 0. The zero-order chi connectivity index (χ0) is 22.5. The van der Waals surface area contributed by atoms with E-state index in [1.807, 2.05) is 42.5 Å². The molecule has 1 aliphatic heterocycles. The Bertz CT molecular complexity index is 1240. The van der Waals surface area contributed by atoms with Gasteiger partial charge in [0.25, 0.3) is 0 Å². The molecule has 0 bridgehead atoms. The lowest BCUT2D eigenvalue weighted by Gasteiger charge is -2.26. The van der Waals surface area contributed by atoms with Gasteiger partial charge in [-0.05, 0) is 36.8 Å². The molecule has 3 heterocycles. The second kappa shape index (κ2) is 9.97. The summed E-state index contributed by atoms with van der Waals surface area (Å²) in [6.07, 6.45) is 4.18. The molecule has 1 fully saturated rings. The van der Waals surface area contributed by atoms with Crippen LogP contribution in [-0.2, 0) is 4.74 Å². The van der Waals surface area contributed by atoms with Crippen LogP contribution in [0.4, 0.5) is 0 Å². The van der Waals surface area contributed by atoms with Gasteiger partial charge in [0.05, 0.1) is 43.4 Å². The highest BCUT2D eigenvalue weighted by molar-refractivity contribution is 5.89. The molecule has 0 aliphatic carbocycles. The van der Waals surface area contributed by atoms with Gasteiger partial charge in [0.15, 0.2) is 11.5 Å². The molecular weight excluding hydrogens is 420 g/mol. The maximum atomic E-state index is 6.21. The standard InChI is InChI=1S/C25H26N4O4/c1-30-23-15-19-21(16-24(23)32-12-4-9-29-10-13-31-14-11-29)27-17-28-25(19)33-22-7-2-6-20-18(22)5-3-8-26-20/h2-3,5-8,15-17H,4,9-14H2,1H3. The van der Waals surface area contributed by atoms with E-state index in [0.29, 0.717) is 29.7 Å². The first-order valence-electron chi connectivity index (χ1n) is 11.1. The zero-order valence-corrected chi connectivity index (χ0v) is 18.6. The summed E-state index contributed by atoms with van der Waals surface area (Å²) in [5.74, 6) is 2.41. The topological polar surface area (TPSA) is 78.8 Å². The molecule has 2 aromatic heterocycles. The first-order chi connectivity index (χ1) is 16.3. The summed E-state index contributed by atoms with van der Waals surface area (Å²) in [7, 11) is 1.63. The van der Waals surface area contributed by atoms with Crippen molar-refractivity contribution >= 4 is 21.8 Å². The molecule has 0 amide bonds. The van der Waals surface area contributed by atoms with Gasteiger partial charge in [0, 0.05) is 37.3 Å². The Morgan fingerprint density at radius 2 is 1.82 bits per heavy atom. The molecular formula is C25H26N4O4. The molecule has 1 aliphatic rings. The van der Waals surface area contributed by atoms with E-state index in [1.54, 1.807) is 13.3 Å². The van der Waals surface area contributed by atoms with E-state index in [2.05, 4.69) is 19.9 Å². The summed E-state index contributed by atoms with van der Waals surface area (Å²) in [4.78, 5) is 15.6. The Kier molecular flexibility index (Phi) is 6.46. The van der Waals surface area contributed by atoms with Crippen LogP contribution in [0.3, 0.4) is 0 Å². The number of aromatic nitrogens is 3. The average Bonchev–Trinajstić information content (AvgIpc) is 2.87. The summed E-state index contributed by atoms with van der Waals surface area (Å²) < 4.78 is 23.3. The molecule has 0 N–H and O–H groups in total. The van der Waals surface area contributed by atoms with Gasteiger partial charge in [-0.2, -0.15) is 0 Å². The molecule has 4 aromatic rings. The summed E-state index contributed by atoms with van der Waals surface area (Å²) >= 11 is 0. The van der Waals surface area contributed by atoms with E-state index in [-0.39, 0.29) is 0 Å². The molecule has 0 radical (unpaired) electrons. The van der Waals surface area contributed by atoms with Crippen molar-refractivity contribution < 1.29 is 18.9 Å². The molecule has 170 valence electrons. The van der Waals surface area contributed by atoms with Crippen molar-refractivity contribution in [3.63, 3.8) is 0 Å². The number of fused-ring (bicyclic) bond motifs is 2. The Labute approximate surface area is 192 Å². The molecule has 33 heavy (non-hydrogen) atoms. The van der Waals surface area contributed by atoms with Crippen molar-refractivity contribution in [3.8, 4) is 23.1 Å². The number of pyridine rings is 1. The lowest BCUT2D eigenvalue weighted by Crippen LogP contribution is -2.37. The summed E-state index contributed by atoms with van der Waals surface area (Å²) in [6, 6.07) is 13.4. The molecule has 8 nitrogen and oxygen atoms in total. The molecule has 1 saturated heterocycles. The normalized spacial score (nSPS) is 14.5. The van der Waals surface area contributed by atoms with Crippen molar-refractivity contribution in [2.75, 3.05) is 46.6 Å². The van der Waals surface area contributed by atoms with Crippen LogP contribution in [0.1, 0.15) is 6.42 Å². The Morgan fingerprint density at radius 3 is 2.70 bits per heavy atom. The van der Waals surface area contributed by atoms with E-state index >= 15 is 0 Å². The smallest absolute Gasteiger partial charge is 0.230 e. The third kappa shape index (κ3) is 4.81. The monoisotopic (exact) mass is 446 g/mol. The lowest BCUT2D eigenvalue weighted by molar-refractivity contribution is 0.0357. The molecule has 0 unspecified atom stereocenters. The Morgan fingerprint density at radius 1 is 0.909 bits per heavy atom. The van der Waals surface area contributed by atoms with Crippen LogP contribution in [0, 0.1) is 0 Å². The van der Waals surface area contributed by atoms with Crippen LogP contribution in [-0.4, -0.2) is 66.4 Å². The fraction of sp³-hybridized carbons (Fsp3) is 0.320. The predicted octanol–water partition coefficient (Wildman–Crippen LogP) is 4.08. The largest absolute Gasteiger partial charge is 0.493 e. The Hall–Kier alpha value is -3.49. The van der Waals surface area contributed by atoms with E-state index in [4.69, 9.17) is 18.9 Å². The van der Waals surface area contributed by atoms with Gasteiger partial charge in [-0.15, -0.1) is 0 Å². The van der Waals surface area contributed by atoms with Crippen LogP contribution in [0.15, 0.2) is 55.0 Å². The highest BCUT2D eigenvalue weighted by Crippen LogP contribution is 2.37. The summed E-state index contributed by atoms with van der Waals surface area (Å²) in [5, 5.41) is 1.66. The van der Waals surface area contributed by atoms with Gasteiger partial charge >= 0.3 is 0 Å². The number of hydrogen-bond acceptors (Lipinski definition) is 8. The SMILES string of the molecule is COc1cc2c(Oc3cccc4ncccc34)ncnc2cc1OCCCN1CCOCC1. The fourth-order valence-electron chi connectivity index (χ4n) is 3.96. The molecule has 0 saturated carbocycles. The highest BCUT2D eigenvalue weighted by Gasteiger charge is 2.15. The predicted molar refractivity (Wildman–Crippen MR) is 125 cm³/mol. The van der Waals surface area contributed by atoms with Crippen LogP contribution in [0.25, 0.3) is 21.8 Å². The molecule has 0 atom stereocenters. The maximum Gasteiger partial charge on any atom is 0.230 e. The van der Waals surface area contributed by atoms with E-state index in [9.17, 15) is 0 Å². The second-order valence-electron chi connectivity index (χ2n) is 7.78. The minimum atomic E-state index is 0.452. The molecule has 2 aromatic carbocycles. The van der Waals surface area contributed by atoms with Crippen molar-refractivity contribution in [2.45, 2.75) is 6.42 Å². The molecule has 0 spiro atoms. The van der Waals surface area contributed by atoms with Crippen molar-refractivity contribution in [1.82, 2.24) is 19.9 Å². The number of ether oxygens (including phenoxy) is 4. The van der Waals surface area contributed by atoms with Gasteiger partial charge in [0.1, 0.15) is 12.1 Å². The van der Waals surface area contributed by atoms with Crippen LogP contribution in [0.2, 0.25) is 0 Å². The van der Waals surface area contributed by atoms with Crippen molar-refractivity contribution in [1.29, 1.82) is 0 Å². The zero-order valence-electron chi connectivity index (χ0n) is 18.6. The number of benzene rings is 2. The Balaban J connectivity index is 1.35. The van der Waals surface area contributed by atoms with E-state index in [0.717, 1.165) is 61.1 Å². The maximum absolute atomic E-state index is 6.21. The van der Waals surface area contributed by atoms with Crippen LogP contribution in [0.5, 0.6) is 23.1 Å². The van der Waals surface area contributed by atoms with E-state index in [1.165, 1.54) is 6.33 Å². The summed E-state index contributed by atoms with van der Waals surface area (Å²) in [6.45, 7) is 5.14.